The minimum atomic E-state index is -0.582. The Morgan fingerprint density at radius 3 is 2.87 bits per heavy atom. The Morgan fingerprint density at radius 1 is 1.35 bits per heavy atom. The van der Waals surface area contributed by atoms with Gasteiger partial charge in [0.1, 0.15) is 0 Å². The molecule has 2 aliphatic heterocycles. The summed E-state index contributed by atoms with van der Waals surface area (Å²) in [5.74, 6) is 0.742. The highest BCUT2D eigenvalue weighted by Gasteiger charge is 2.46. The van der Waals surface area contributed by atoms with Gasteiger partial charge in [0.15, 0.2) is 0 Å². The summed E-state index contributed by atoms with van der Waals surface area (Å²) in [5, 5.41) is 11.0. The van der Waals surface area contributed by atoms with Gasteiger partial charge < -0.3 is 15.0 Å². The molecule has 1 amide bonds. The normalized spacial score (nSPS) is 32.4. The first-order valence-electron chi connectivity index (χ1n) is 8.85. The summed E-state index contributed by atoms with van der Waals surface area (Å²) in [6, 6.07) is 0. The average molecular weight is 318 g/mol. The van der Waals surface area contributed by atoms with Gasteiger partial charge in [-0.15, -0.1) is 0 Å². The monoisotopic (exact) mass is 318 g/mol. The van der Waals surface area contributed by atoms with Crippen molar-refractivity contribution in [2.75, 3.05) is 26.2 Å². The second kappa shape index (κ2) is 5.91. The van der Waals surface area contributed by atoms with E-state index in [1.165, 1.54) is 6.42 Å². The fraction of sp³-hybridized carbons (Fsp3) is 0.765. The highest BCUT2D eigenvalue weighted by Crippen LogP contribution is 2.37. The first-order valence-corrected chi connectivity index (χ1v) is 8.85. The van der Waals surface area contributed by atoms with Crippen molar-refractivity contribution in [3.05, 3.63) is 18.2 Å². The van der Waals surface area contributed by atoms with Crippen LogP contribution >= 0.6 is 0 Å². The van der Waals surface area contributed by atoms with Crippen molar-refractivity contribution in [3.63, 3.8) is 0 Å². The number of piperidine rings is 2. The number of H-pyrrole nitrogens is 1. The van der Waals surface area contributed by atoms with E-state index in [4.69, 9.17) is 0 Å². The third-order valence-corrected chi connectivity index (χ3v) is 6.07. The molecule has 1 aliphatic carbocycles. The molecule has 2 N–H and O–H groups in total. The molecule has 0 unspecified atom stereocenters. The number of likely N-dealkylation sites (tertiary alicyclic amines) is 2. The molecule has 6 heteroatoms. The number of imidazole rings is 1. The zero-order valence-electron chi connectivity index (χ0n) is 13.6. The van der Waals surface area contributed by atoms with E-state index in [9.17, 15) is 9.90 Å². The van der Waals surface area contributed by atoms with Crippen molar-refractivity contribution in [2.45, 2.75) is 44.2 Å². The lowest BCUT2D eigenvalue weighted by atomic mass is 9.75. The molecule has 126 valence electrons. The van der Waals surface area contributed by atoms with Gasteiger partial charge in [0, 0.05) is 56.5 Å². The summed E-state index contributed by atoms with van der Waals surface area (Å²) in [7, 11) is 0. The van der Waals surface area contributed by atoms with E-state index in [1.807, 2.05) is 11.1 Å². The summed E-state index contributed by atoms with van der Waals surface area (Å²) < 4.78 is 0. The van der Waals surface area contributed by atoms with Crippen LogP contribution in [0.25, 0.3) is 0 Å². The van der Waals surface area contributed by atoms with Crippen LogP contribution in [-0.4, -0.2) is 62.6 Å². The van der Waals surface area contributed by atoms with Crippen molar-refractivity contribution in [3.8, 4) is 0 Å². The zero-order chi connectivity index (χ0) is 15.9. The lowest BCUT2D eigenvalue weighted by Crippen LogP contribution is -2.61. The van der Waals surface area contributed by atoms with Crippen molar-refractivity contribution >= 4 is 5.91 Å². The smallest absolute Gasteiger partial charge is 0.225 e. The predicted octanol–water partition coefficient (Wildman–Crippen LogP) is 0.995. The molecule has 3 heterocycles. The quantitative estimate of drug-likeness (QED) is 0.872. The second-order valence-corrected chi connectivity index (χ2v) is 7.52. The van der Waals surface area contributed by atoms with E-state index in [0.717, 1.165) is 57.6 Å². The van der Waals surface area contributed by atoms with E-state index in [1.54, 1.807) is 6.33 Å². The number of aromatic amines is 1. The van der Waals surface area contributed by atoms with Crippen molar-refractivity contribution in [1.82, 2.24) is 19.8 Å². The number of rotatable bonds is 3. The lowest BCUT2D eigenvalue weighted by molar-refractivity contribution is -0.153. The number of fused-ring (bicyclic) bond motifs is 1. The molecule has 0 bridgehead atoms. The molecule has 4 rings (SSSR count). The molecule has 3 fully saturated rings. The molecule has 1 aromatic rings. The van der Waals surface area contributed by atoms with Crippen LogP contribution in [0.3, 0.4) is 0 Å². The Balaban J connectivity index is 1.40. The molecule has 6 nitrogen and oxygen atoms in total. The van der Waals surface area contributed by atoms with Crippen molar-refractivity contribution < 1.29 is 9.90 Å². The van der Waals surface area contributed by atoms with Gasteiger partial charge in [-0.3, -0.25) is 9.69 Å². The number of nitrogens with zero attached hydrogens (tertiary/aromatic N) is 3. The number of nitrogens with one attached hydrogen (secondary N) is 1. The Kier molecular flexibility index (Phi) is 3.89. The number of hydrogen-bond donors (Lipinski definition) is 2. The number of carbonyl (C=O) groups excluding carboxylic acids is 1. The number of aromatic nitrogens is 2. The van der Waals surface area contributed by atoms with Gasteiger partial charge in [0.2, 0.25) is 5.91 Å². The fourth-order valence-electron chi connectivity index (χ4n) is 4.24. The van der Waals surface area contributed by atoms with Gasteiger partial charge in [0.05, 0.1) is 11.9 Å². The van der Waals surface area contributed by atoms with Crippen LogP contribution in [0.5, 0.6) is 0 Å². The Labute approximate surface area is 136 Å². The lowest BCUT2D eigenvalue weighted by Gasteiger charge is -2.51. The maximum absolute atomic E-state index is 12.5. The Bertz CT molecular complexity index is 557. The summed E-state index contributed by atoms with van der Waals surface area (Å²) in [6.45, 7) is 4.03. The molecule has 2 atom stereocenters. The third kappa shape index (κ3) is 2.90. The SMILES string of the molecule is O=C(C1CCC1)N1CC[C@]2(O)CCN(Cc3cnc[nH]3)C[C@@H]2C1. The highest BCUT2D eigenvalue weighted by atomic mass is 16.3. The van der Waals surface area contributed by atoms with Crippen LogP contribution in [-0.2, 0) is 11.3 Å². The maximum Gasteiger partial charge on any atom is 0.225 e. The maximum atomic E-state index is 12.5. The van der Waals surface area contributed by atoms with Gasteiger partial charge in [-0.25, -0.2) is 4.98 Å². The van der Waals surface area contributed by atoms with E-state index < -0.39 is 5.60 Å². The summed E-state index contributed by atoms with van der Waals surface area (Å²) in [4.78, 5) is 24.1. The first kappa shape index (κ1) is 15.1. The van der Waals surface area contributed by atoms with Gasteiger partial charge >= 0.3 is 0 Å². The molecule has 1 saturated carbocycles. The van der Waals surface area contributed by atoms with Crippen LogP contribution in [0.15, 0.2) is 12.5 Å². The van der Waals surface area contributed by atoms with Crippen LogP contribution in [0.1, 0.15) is 37.8 Å². The van der Waals surface area contributed by atoms with E-state index in [2.05, 4.69) is 14.9 Å². The first-order chi connectivity index (χ1) is 11.1. The molecular weight excluding hydrogens is 292 g/mol. The topological polar surface area (TPSA) is 72.5 Å². The minimum Gasteiger partial charge on any atom is -0.389 e. The Morgan fingerprint density at radius 2 is 2.17 bits per heavy atom. The van der Waals surface area contributed by atoms with Crippen LogP contribution in [0.4, 0.5) is 0 Å². The molecular formula is C17H26N4O2. The third-order valence-electron chi connectivity index (χ3n) is 6.07. The number of amides is 1. The van der Waals surface area contributed by atoms with Gasteiger partial charge in [-0.1, -0.05) is 6.42 Å². The van der Waals surface area contributed by atoms with Crippen molar-refractivity contribution in [1.29, 1.82) is 0 Å². The van der Waals surface area contributed by atoms with Crippen LogP contribution < -0.4 is 0 Å². The largest absolute Gasteiger partial charge is 0.389 e. The number of aliphatic hydroxyl groups is 1. The van der Waals surface area contributed by atoms with Gasteiger partial charge in [-0.05, 0) is 25.7 Å². The predicted molar refractivity (Wildman–Crippen MR) is 85.5 cm³/mol. The molecule has 0 radical (unpaired) electrons. The minimum absolute atomic E-state index is 0.164. The highest BCUT2D eigenvalue weighted by molar-refractivity contribution is 5.79. The molecule has 0 spiro atoms. The number of hydrogen-bond acceptors (Lipinski definition) is 4. The summed E-state index contributed by atoms with van der Waals surface area (Å²) in [6.07, 6.45) is 8.39. The fourth-order valence-corrected chi connectivity index (χ4v) is 4.24. The zero-order valence-corrected chi connectivity index (χ0v) is 13.6. The van der Waals surface area contributed by atoms with E-state index in [-0.39, 0.29) is 11.8 Å². The summed E-state index contributed by atoms with van der Waals surface area (Å²) >= 11 is 0. The molecule has 23 heavy (non-hydrogen) atoms. The summed E-state index contributed by atoms with van der Waals surface area (Å²) in [5.41, 5.74) is 0.523. The molecule has 2 saturated heterocycles. The molecule has 1 aromatic heterocycles. The van der Waals surface area contributed by atoms with Gasteiger partial charge in [-0.2, -0.15) is 0 Å². The molecule has 0 aromatic carbocycles. The van der Waals surface area contributed by atoms with E-state index in [0.29, 0.717) is 12.5 Å². The van der Waals surface area contributed by atoms with Crippen molar-refractivity contribution in [2.24, 2.45) is 11.8 Å². The van der Waals surface area contributed by atoms with Crippen LogP contribution in [0, 0.1) is 11.8 Å². The Hall–Kier alpha value is -1.40. The standard InChI is InChI=1S/C17H26N4O2/c22-16(13-2-1-3-13)21-7-5-17(23)4-6-20(9-14(17)10-21)11-15-8-18-12-19-15/h8,12-14,23H,1-7,9-11H2,(H,18,19)/t14-,17-/m1/s1. The average Bonchev–Trinajstić information content (AvgIpc) is 2.98. The number of carbonyl (C=O) groups is 1. The van der Waals surface area contributed by atoms with E-state index >= 15 is 0 Å². The van der Waals surface area contributed by atoms with Crippen LogP contribution in [0.2, 0.25) is 0 Å². The molecule has 3 aliphatic rings. The van der Waals surface area contributed by atoms with Gasteiger partial charge in [0.25, 0.3) is 0 Å². The second-order valence-electron chi connectivity index (χ2n) is 7.52.